The van der Waals surface area contributed by atoms with Gasteiger partial charge >= 0.3 is 0 Å². The minimum atomic E-state index is -0.545. The molecule has 0 saturated heterocycles. The molecule has 1 atom stereocenters. The molecule has 2 heterocycles. The van der Waals surface area contributed by atoms with Crippen LogP contribution in [0, 0.1) is 0 Å². The molecule has 0 fully saturated rings. The van der Waals surface area contributed by atoms with Crippen LogP contribution in [0.4, 0.5) is 0 Å². The Morgan fingerprint density at radius 1 is 1.10 bits per heavy atom. The number of rotatable bonds is 7. The summed E-state index contributed by atoms with van der Waals surface area (Å²) in [6.07, 6.45) is 1.31. The average molecular weight is 405 g/mol. The first-order valence-electron chi connectivity index (χ1n) is 10.5. The number of fused-ring (bicyclic) bond motifs is 3. The molecule has 3 aromatic rings. The van der Waals surface area contributed by atoms with Crippen LogP contribution in [0.2, 0.25) is 0 Å². The third-order valence-corrected chi connectivity index (χ3v) is 5.73. The van der Waals surface area contributed by atoms with Gasteiger partial charge in [0, 0.05) is 43.6 Å². The van der Waals surface area contributed by atoms with Crippen molar-refractivity contribution in [3.63, 3.8) is 0 Å². The highest BCUT2D eigenvalue weighted by Gasteiger charge is 2.23. The van der Waals surface area contributed by atoms with Crippen molar-refractivity contribution in [2.45, 2.75) is 31.9 Å². The molecule has 4 rings (SSSR count). The van der Waals surface area contributed by atoms with Gasteiger partial charge in [0.1, 0.15) is 0 Å². The van der Waals surface area contributed by atoms with Crippen molar-refractivity contribution in [1.29, 1.82) is 0 Å². The lowest BCUT2D eigenvalue weighted by Gasteiger charge is -2.29. The molecule has 3 N–H and O–H groups in total. The number of nitrogens with one attached hydrogen (secondary N) is 2. The van der Waals surface area contributed by atoms with E-state index in [-0.39, 0.29) is 11.5 Å². The summed E-state index contributed by atoms with van der Waals surface area (Å²) in [5.74, 6) is 0.126. The van der Waals surface area contributed by atoms with Crippen LogP contribution in [0.25, 0.3) is 10.8 Å². The summed E-state index contributed by atoms with van der Waals surface area (Å²) in [6.45, 7) is 2.30. The number of aliphatic hydroxyl groups excluding tert-OH is 1. The number of aliphatic hydroxyl groups is 1. The van der Waals surface area contributed by atoms with Crippen molar-refractivity contribution < 1.29 is 9.90 Å². The van der Waals surface area contributed by atoms with E-state index in [1.165, 1.54) is 0 Å². The molecule has 1 aromatic heterocycles. The topological polar surface area (TPSA) is 85.4 Å². The molecule has 2 aromatic carbocycles. The van der Waals surface area contributed by atoms with Crippen molar-refractivity contribution >= 4 is 16.7 Å². The lowest BCUT2D eigenvalue weighted by atomic mass is 9.98. The Hall–Kier alpha value is -2.96. The molecular weight excluding hydrogens is 378 g/mol. The monoisotopic (exact) mass is 405 g/mol. The zero-order chi connectivity index (χ0) is 20.9. The van der Waals surface area contributed by atoms with Crippen molar-refractivity contribution in [2.75, 3.05) is 19.6 Å². The first-order valence-corrected chi connectivity index (χ1v) is 10.5. The third-order valence-electron chi connectivity index (χ3n) is 5.73. The molecule has 0 spiro atoms. The summed E-state index contributed by atoms with van der Waals surface area (Å²) in [5, 5.41) is 15.0. The smallest absolute Gasteiger partial charge is 0.256 e. The van der Waals surface area contributed by atoms with Gasteiger partial charge in [-0.3, -0.25) is 9.59 Å². The average Bonchev–Trinajstić information content (AvgIpc) is 2.79. The predicted molar refractivity (Wildman–Crippen MR) is 117 cm³/mol. The minimum absolute atomic E-state index is 0.0621. The number of benzene rings is 2. The van der Waals surface area contributed by atoms with E-state index in [0.29, 0.717) is 44.4 Å². The van der Waals surface area contributed by atoms with Crippen molar-refractivity contribution in [1.82, 2.24) is 15.2 Å². The van der Waals surface area contributed by atoms with Gasteiger partial charge < -0.3 is 20.3 Å². The number of pyridine rings is 1. The van der Waals surface area contributed by atoms with Gasteiger partial charge in [-0.15, -0.1) is 0 Å². The van der Waals surface area contributed by atoms with Gasteiger partial charge in [0.05, 0.1) is 6.10 Å². The number of nitrogens with zero attached hydrogens (tertiary/aromatic N) is 1. The molecule has 0 aliphatic carbocycles. The van der Waals surface area contributed by atoms with E-state index < -0.39 is 6.10 Å². The highest BCUT2D eigenvalue weighted by Crippen LogP contribution is 2.24. The summed E-state index contributed by atoms with van der Waals surface area (Å²) in [6, 6.07) is 17.1. The maximum atomic E-state index is 12.7. The van der Waals surface area contributed by atoms with Crippen molar-refractivity contribution in [3.8, 4) is 0 Å². The third kappa shape index (κ3) is 4.45. The molecule has 1 aliphatic heterocycles. The van der Waals surface area contributed by atoms with E-state index in [0.717, 1.165) is 28.6 Å². The van der Waals surface area contributed by atoms with Crippen LogP contribution < -0.4 is 10.9 Å². The molecule has 0 radical (unpaired) electrons. The SMILES string of the molecule is O=C(CCCNC[C@@H](O)c1ccccc1)N1CCc2[nH]c(=O)c3ccccc3c2C1. The molecule has 0 bridgehead atoms. The fraction of sp³-hybridized carbons (Fsp3) is 0.333. The Bertz CT molecular complexity index is 1080. The number of amides is 1. The zero-order valence-electron chi connectivity index (χ0n) is 16.9. The fourth-order valence-electron chi connectivity index (χ4n) is 4.06. The minimum Gasteiger partial charge on any atom is -0.387 e. The van der Waals surface area contributed by atoms with Crippen LogP contribution in [0.15, 0.2) is 59.4 Å². The van der Waals surface area contributed by atoms with Crippen LogP contribution in [-0.4, -0.2) is 40.5 Å². The second kappa shape index (κ2) is 9.24. The molecule has 6 nitrogen and oxygen atoms in total. The van der Waals surface area contributed by atoms with Crippen LogP contribution in [-0.2, 0) is 17.8 Å². The summed E-state index contributed by atoms with van der Waals surface area (Å²) < 4.78 is 0. The number of carbonyl (C=O) groups excluding carboxylic acids is 1. The molecule has 6 heteroatoms. The first-order chi connectivity index (χ1) is 14.6. The van der Waals surface area contributed by atoms with Gasteiger partial charge in [-0.2, -0.15) is 0 Å². The quantitative estimate of drug-likeness (QED) is 0.528. The van der Waals surface area contributed by atoms with Gasteiger partial charge in [-0.25, -0.2) is 0 Å². The lowest BCUT2D eigenvalue weighted by Crippen LogP contribution is -2.37. The highest BCUT2D eigenvalue weighted by atomic mass is 16.3. The van der Waals surface area contributed by atoms with Crippen LogP contribution in [0.1, 0.15) is 35.8 Å². The summed E-state index contributed by atoms with van der Waals surface area (Å²) in [4.78, 5) is 29.8. The van der Waals surface area contributed by atoms with Gasteiger partial charge in [-0.05, 0) is 35.5 Å². The summed E-state index contributed by atoms with van der Waals surface area (Å²) >= 11 is 0. The highest BCUT2D eigenvalue weighted by molar-refractivity contribution is 5.86. The van der Waals surface area contributed by atoms with Crippen LogP contribution in [0.5, 0.6) is 0 Å². The second-order valence-electron chi connectivity index (χ2n) is 7.76. The number of hydrogen-bond acceptors (Lipinski definition) is 4. The zero-order valence-corrected chi connectivity index (χ0v) is 16.9. The Morgan fingerprint density at radius 2 is 1.83 bits per heavy atom. The summed E-state index contributed by atoms with van der Waals surface area (Å²) in [7, 11) is 0. The van der Waals surface area contributed by atoms with Crippen molar-refractivity contribution in [3.05, 3.63) is 81.8 Å². The summed E-state index contributed by atoms with van der Waals surface area (Å²) in [5.41, 5.74) is 2.82. The maximum absolute atomic E-state index is 12.7. The van der Waals surface area contributed by atoms with Crippen LogP contribution >= 0.6 is 0 Å². The van der Waals surface area contributed by atoms with E-state index >= 15 is 0 Å². The molecule has 0 unspecified atom stereocenters. The van der Waals surface area contributed by atoms with E-state index in [1.807, 2.05) is 59.5 Å². The van der Waals surface area contributed by atoms with Crippen LogP contribution in [0.3, 0.4) is 0 Å². The fourth-order valence-corrected chi connectivity index (χ4v) is 4.06. The molecule has 1 aliphatic rings. The van der Waals surface area contributed by atoms with E-state index in [9.17, 15) is 14.7 Å². The second-order valence-corrected chi connectivity index (χ2v) is 7.76. The lowest BCUT2D eigenvalue weighted by molar-refractivity contribution is -0.132. The van der Waals surface area contributed by atoms with Gasteiger partial charge in [0.25, 0.3) is 5.56 Å². The Kier molecular flexibility index (Phi) is 6.26. The van der Waals surface area contributed by atoms with E-state index in [4.69, 9.17) is 0 Å². The Labute approximate surface area is 175 Å². The number of carbonyl (C=O) groups is 1. The number of hydrogen-bond donors (Lipinski definition) is 3. The van der Waals surface area contributed by atoms with Gasteiger partial charge in [0.2, 0.25) is 5.91 Å². The molecule has 30 heavy (non-hydrogen) atoms. The number of H-pyrrole nitrogens is 1. The normalized spacial score (nSPS) is 14.5. The number of aromatic nitrogens is 1. The predicted octanol–water partition coefficient (Wildman–Crippen LogP) is 2.52. The standard InChI is InChI=1S/C24H27N3O3/c28-22(17-7-2-1-3-8-17)15-25-13-6-11-23(29)27-14-12-21-20(16-27)18-9-4-5-10-19(18)24(30)26-21/h1-5,7-10,22,25,28H,6,11-16H2,(H,26,30)/t22-/m1/s1. The first kappa shape index (κ1) is 20.3. The van der Waals surface area contributed by atoms with Crippen molar-refractivity contribution in [2.24, 2.45) is 0 Å². The number of aromatic amines is 1. The Balaban J connectivity index is 1.28. The van der Waals surface area contributed by atoms with E-state index in [1.54, 1.807) is 0 Å². The largest absolute Gasteiger partial charge is 0.387 e. The molecule has 1 amide bonds. The van der Waals surface area contributed by atoms with Gasteiger partial charge in [-0.1, -0.05) is 48.5 Å². The van der Waals surface area contributed by atoms with Gasteiger partial charge in [0.15, 0.2) is 0 Å². The molecular formula is C24H27N3O3. The van der Waals surface area contributed by atoms with E-state index in [2.05, 4.69) is 10.3 Å². The molecule has 156 valence electrons. The maximum Gasteiger partial charge on any atom is 0.256 e. The molecule has 0 saturated carbocycles. The Morgan fingerprint density at radius 3 is 2.63 bits per heavy atom.